The molecule has 0 fully saturated rings. The summed E-state index contributed by atoms with van der Waals surface area (Å²) in [5.41, 5.74) is 5.13. The van der Waals surface area contributed by atoms with Crippen LogP contribution in [-0.2, 0) is 145 Å². The van der Waals surface area contributed by atoms with Crippen LogP contribution in [0.2, 0.25) is 0 Å². The lowest BCUT2D eigenvalue weighted by Gasteiger charge is -2.17. The maximum Gasteiger partial charge on any atom is 0.331 e. The zero-order valence-electron chi connectivity index (χ0n) is 66.8. The highest BCUT2D eigenvalue weighted by Crippen LogP contribution is 2.18. The second kappa shape index (κ2) is 53.6. The van der Waals surface area contributed by atoms with Gasteiger partial charge >= 0.3 is 77.3 Å². The summed E-state index contributed by atoms with van der Waals surface area (Å²) in [7, 11) is 1.20. The second-order valence-electron chi connectivity index (χ2n) is 25.9. The standard InChI is InChI=1S/C16H15N3O7.C15H19NO5.C14H17NO5.C13H15NO5.C12H13NO5.C11H11NO5/c1-9-4-10(5-12(20)17-9)7-25-14(22)2-3-15(23)26-8-11-6-13(21)19-16(24)18-11;1-10-7-11(8-12(17)16-10)9-20-13(18)5-6-14(19)21-15(2,3)4;1-9(2)20-14(18)5-4-13(17)19-8-11-6-10(3)15-12(16)7-11;1-3-18-12(16)4-5-13(17)19-8-10-6-9(2)14-11(15)7-10;1-8-5-9(6-10(14)13-8)7-18-12(16)4-3-11(15)17-2;1-7-4-8(5-9(13)12-7)6-17-11(16)3-2-10(14)15/h2-3,5-6H,1,4,7-8H2,(H,17,20)(H2,18,19,21,24);5-6,8H,1,7,9H2,2-4H3,(H,16,17);4-5,7,9H,3,6,8H2,1-2H3,(H,15,16);4-5,7H,2-3,6,8H2,1H3,(H,14,15);3-4,6H,1,5,7H2,2H3,(H,13,14);2-3,5H,1,4,6H2,(H,12,13)(H,14,15)/b3-2+;6-5+;2*5-4+;4-3+;3-2+. The quantitative estimate of drug-likeness (QED) is 0.0330. The van der Waals surface area contributed by atoms with E-state index in [0.29, 0.717) is 112 Å². The normalized spacial score (nSPS) is 14.9. The minimum Gasteiger partial charge on any atom is -0.478 e. The molecule has 0 unspecified atom stereocenters. The Kier molecular flexibility index (Phi) is 45.0. The van der Waals surface area contributed by atoms with Crippen molar-refractivity contribution >= 4 is 107 Å². The van der Waals surface area contributed by atoms with E-state index >= 15 is 0 Å². The Bertz CT molecular complexity index is 4750. The minimum atomic E-state index is -1.23. The molecule has 1 aromatic heterocycles. The highest BCUT2D eigenvalue weighted by Gasteiger charge is 2.21. The van der Waals surface area contributed by atoms with Crippen molar-refractivity contribution in [1.29, 1.82) is 0 Å². The number of carboxylic acid groups (broad SMARTS) is 1. The van der Waals surface area contributed by atoms with Crippen molar-refractivity contribution in [3.05, 3.63) is 249 Å². The third kappa shape index (κ3) is 50.4. The summed E-state index contributed by atoms with van der Waals surface area (Å²) in [5, 5.41) is 23.4. The molecule has 6 aliphatic rings. The number of carbonyl (C=O) groups excluding carboxylic acids is 17. The van der Waals surface area contributed by atoms with E-state index in [4.69, 9.17) is 47.7 Å². The van der Waals surface area contributed by atoms with Crippen molar-refractivity contribution in [2.24, 2.45) is 0 Å². The van der Waals surface area contributed by atoms with E-state index in [2.05, 4.69) is 85.8 Å². The number of carbonyl (C=O) groups is 18. The first-order chi connectivity index (χ1) is 56.8. The van der Waals surface area contributed by atoms with Gasteiger partial charge in [-0.05, 0) is 75.0 Å². The summed E-state index contributed by atoms with van der Waals surface area (Å²) < 4.78 is 52.8. The number of esters is 11. The summed E-state index contributed by atoms with van der Waals surface area (Å²) in [6, 6.07) is 1.06. The van der Waals surface area contributed by atoms with Gasteiger partial charge in [0.25, 0.3) is 5.56 Å². The number of hydrogen-bond donors (Lipinski definition) is 9. The maximum absolute atomic E-state index is 11.6. The molecule has 0 radical (unpaired) electrons. The van der Waals surface area contributed by atoms with E-state index < -0.39 is 88.5 Å². The Morgan fingerprint density at radius 3 is 0.835 bits per heavy atom. The van der Waals surface area contributed by atoms with Gasteiger partial charge in [0.1, 0.15) is 51.8 Å². The summed E-state index contributed by atoms with van der Waals surface area (Å²) in [5.74, 6) is -10.7. The van der Waals surface area contributed by atoms with Gasteiger partial charge in [-0.15, -0.1) is 0 Å². The van der Waals surface area contributed by atoms with E-state index in [1.165, 1.54) is 43.6 Å². The van der Waals surface area contributed by atoms with Gasteiger partial charge in [-0.3, -0.25) is 38.5 Å². The Morgan fingerprint density at radius 2 is 0.603 bits per heavy atom. The second-order valence-corrected chi connectivity index (χ2v) is 25.9. The van der Waals surface area contributed by atoms with Crippen LogP contribution in [0.25, 0.3) is 0 Å². The number of amides is 6. The predicted molar refractivity (Wildman–Crippen MR) is 421 cm³/mol. The molecule has 6 aliphatic heterocycles. The number of hydrogen-bond acceptors (Lipinski definition) is 31. The number of aromatic amines is 2. The summed E-state index contributed by atoms with van der Waals surface area (Å²) >= 11 is 0. The number of rotatable bonds is 28. The third-order valence-corrected chi connectivity index (χ3v) is 13.4. The van der Waals surface area contributed by atoms with Crippen molar-refractivity contribution < 1.29 is 144 Å². The zero-order chi connectivity index (χ0) is 90.9. The molecule has 0 aromatic carbocycles. The van der Waals surface area contributed by atoms with Crippen LogP contribution in [0.3, 0.4) is 0 Å². The smallest absolute Gasteiger partial charge is 0.331 e. The van der Waals surface area contributed by atoms with Crippen molar-refractivity contribution in [1.82, 2.24) is 41.9 Å². The van der Waals surface area contributed by atoms with Crippen LogP contribution in [0.1, 0.15) is 85.8 Å². The number of nitrogens with one attached hydrogen (secondary N) is 8. The molecule has 0 saturated carbocycles. The lowest BCUT2D eigenvalue weighted by atomic mass is 10.1. The molecule has 646 valence electrons. The molecule has 0 atom stereocenters. The summed E-state index contributed by atoms with van der Waals surface area (Å²) in [6.07, 6.45) is 21.5. The number of allylic oxidation sites excluding steroid dienone is 6. The zero-order valence-corrected chi connectivity index (χ0v) is 66.8. The molecule has 0 bridgehead atoms. The first-order valence-electron chi connectivity index (χ1n) is 35.4. The van der Waals surface area contributed by atoms with Crippen LogP contribution in [0.5, 0.6) is 0 Å². The first-order valence-corrected chi connectivity index (χ1v) is 35.4. The van der Waals surface area contributed by atoms with Crippen LogP contribution in [0.4, 0.5) is 0 Å². The van der Waals surface area contributed by atoms with Gasteiger partial charge in [-0.1, -0.05) is 39.5 Å². The minimum absolute atomic E-state index is 0.0154. The van der Waals surface area contributed by atoms with Gasteiger partial charge < -0.3 is 94.1 Å². The molecule has 9 N–H and O–H groups in total. The molecule has 7 rings (SSSR count). The van der Waals surface area contributed by atoms with Crippen molar-refractivity contribution in [3.63, 3.8) is 0 Å². The molecule has 1 aromatic rings. The van der Waals surface area contributed by atoms with E-state index in [9.17, 15) is 95.9 Å². The topological polar surface area (TPSA) is 567 Å². The molecule has 0 aliphatic carbocycles. The van der Waals surface area contributed by atoms with Crippen molar-refractivity contribution in [3.8, 4) is 0 Å². The van der Waals surface area contributed by atoms with E-state index in [0.717, 1.165) is 72.9 Å². The van der Waals surface area contributed by atoms with E-state index in [1.807, 2.05) is 4.98 Å². The fourth-order valence-corrected chi connectivity index (χ4v) is 8.90. The molecule has 0 saturated heterocycles. The number of H-pyrrole nitrogens is 2. The molecular weight excluding hydrogens is 1600 g/mol. The lowest BCUT2D eigenvalue weighted by molar-refractivity contribution is -0.149. The molecule has 7 heterocycles. The Hall–Kier alpha value is -15.5. The van der Waals surface area contributed by atoms with Crippen molar-refractivity contribution in [2.45, 2.75) is 98.4 Å². The summed E-state index contributed by atoms with van der Waals surface area (Å²) in [6.45, 7) is 31.7. The monoisotopic (exact) mass is 1690 g/mol. The van der Waals surface area contributed by atoms with Gasteiger partial charge in [0.15, 0.2) is 0 Å². The summed E-state index contributed by atoms with van der Waals surface area (Å²) in [4.78, 5) is 227. The SMILES string of the molecule is C=C1CC(COC(=O)/C=C/C(=O)O)=CC(=O)N1.C=C1CC(COC(=O)/C=C/C(=O)OC(C)(C)C)=CC(=O)N1.C=C1CC(COC(=O)/C=C/C(=O)OC(C)C)=CC(=O)N1.C=C1CC(COC(=O)/C=C/C(=O)OC)=CC(=O)N1.C=C1CC(COC(=O)/C=C/C(=O)OCC)=CC(=O)N1.C=C1CC(COC(=O)/C=C/C(=O)OCc2cc(=O)[nH]c(=O)[nH]2)=CC(=O)N1. The largest absolute Gasteiger partial charge is 0.478 e. The van der Waals surface area contributed by atoms with Crippen LogP contribution in [0.15, 0.2) is 232 Å². The van der Waals surface area contributed by atoms with Gasteiger partial charge in [-0.25, -0.2) is 62.3 Å². The molecule has 40 nitrogen and oxygen atoms in total. The number of carboxylic acids is 1. The van der Waals surface area contributed by atoms with Gasteiger partial charge in [-0.2, -0.15) is 0 Å². The van der Waals surface area contributed by atoms with Crippen LogP contribution in [-0.4, -0.2) is 187 Å². The van der Waals surface area contributed by atoms with Crippen LogP contribution in [0, 0.1) is 0 Å². The number of methoxy groups -OCH3 is 1. The Morgan fingerprint density at radius 1 is 0.364 bits per heavy atom. The lowest BCUT2D eigenvalue weighted by Crippen LogP contribution is -2.26. The Balaban J connectivity index is 0.000000495. The molecule has 0 spiro atoms. The Labute approximate surface area is 690 Å². The molecule has 121 heavy (non-hydrogen) atoms. The third-order valence-electron chi connectivity index (χ3n) is 13.4. The number of ether oxygens (including phenoxy) is 11. The fourth-order valence-electron chi connectivity index (χ4n) is 8.90. The maximum atomic E-state index is 11.6. The van der Waals surface area contributed by atoms with Crippen LogP contribution >= 0.6 is 0 Å². The van der Waals surface area contributed by atoms with Crippen molar-refractivity contribution in [2.75, 3.05) is 53.4 Å². The van der Waals surface area contributed by atoms with E-state index in [1.54, 1.807) is 41.5 Å². The number of aliphatic carboxylic acids is 1. The predicted octanol–water partition coefficient (Wildman–Crippen LogP) is 2.51. The number of aromatic nitrogens is 2. The first kappa shape index (κ1) is 102. The molecule has 6 amide bonds. The highest BCUT2D eigenvalue weighted by atomic mass is 16.6. The average Bonchev–Trinajstić information content (AvgIpc) is 0.914. The highest BCUT2D eigenvalue weighted by molar-refractivity contribution is 5.98. The van der Waals surface area contributed by atoms with Gasteiger partial charge in [0.2, 0.25) is 35.4 Å². The molecule has 40 heteroatoms. The molecular formula is C81H90N8O32. The van der Waals surface area contributed by atoms with Gasteiger partial charge in [0.05, 0.1) is 25.5 Å². The van der Waals surface area contributed by atoms with E-state index in [-0.39, 0.29) is 100 Å². The van der Waals surface area contributed by atoms with Crippen LogP contribution < -0.4 is 43.1 Å². The van der Waals surface area contributed by atoms with Gasteiger partial charge in [0, 0.05) is 188 Å². The fraction of sp³-hybridized carbons (Fsp3) is 0.284. The average molecular weight is 1690 g/mol.